The first-order chi connectivity index (χ1) is 17.3. The van der Waals surface area contributed by atoms with Crippen LogP contribution in [-0.4, -0.2) is 64.8 Å². The van der Waals surface area contributed by atoms with E-state index in [0.29, 0.717) is 40.7 Å². The minimum absolute atomic E-state index is 0. The number of hydrogen-bond acceptors (Lipinski definition) is 8. The van der Waals surface area contributed by atoms with E-state index in [1.54, 1.807) is 37.4 Å². The van der Waals surface area contributed by atoms with Crippen LogP contribution < -0.4 is 20.1 Å². The van der Waals surface area contributed by atoms with Gasteiger partial charge in [-0.1, -0.05) is 27.3 Å². The van der Waals surface area contributed by atoms with E-state index in [1.165, 1.54) is 0 Å². The highest BCUT2D eigenvalue weighted by Crippen LogP contribution is 2.35. The van der Waals surface area contributed by atoms with Gasteiger partial charge < -0.3 is 25.2 Å². The van der Waals surface area contributed by atoms with E-state index in [9.17, 15) is 5.11 Å². The highest BCUT2D eigenvalue weighted by Gasteiger charge is 2.33. The molecule has 0 saturated heterocycles. The maximum atomic E-state index is 12.2. The lowest BCUT2D eigenvalue weighted by atomic mass is 9.85. The Labute approximate surface area is 218 Å². The number of nitrogens with zero attached hydrogens (tertiary/aromatic N) is 4. The van der Waals surface area contributed by atoms with Gasteiger partial charge in [-0.2, -0.15) is 5.10 Å². The molecule has 0 radical (unpaired) electrons. The van der Waals surface area contributed by atoms with Crippen molar-refractivity contribution in [1.29, 1.82) is 0 Å². The van der Waals surface area contributed by atoms with Crippen LogP contribution in [0.1, 0.15) is 32.4 Å². The summed E-state index contributed by atoms with van der Waals surface area (Å²) in [4.78, 5) is 9.39. The summed E-state index contributed by atoms with van der Waals surface area (Å²) in [5.74, 6) is 1.20. The molecule has 2 aromatic heterocycles. The number of ether oxygens (including phenoxy) is 2. The summed E-state index contributed by atoms with van der Waals surface area (Å²) in [7, 11) is 5.06. The van der Waals surface area contributed by atoms with Crippen LogP contribution in [0.15, 0.2) is 55.0 Å². The maximum absolute atomic E-state index is 12.2. The molecule has 2 aromatic carbocycles. The highest BCUT2D eigenvalue weighted by molar-refractivity contribution is 5.78. The summed E-state index contributed by atoms with van der Waals surface area (Å²) in [6.45, 7) is 5.97. The Bertz CT molecular complexity index is 1300. The molecular formula is C28H38N6O3. The van der Waals surface area contributed by atoms with Crippen LogP contribution in [0.25, 0.3) is 22.3 Å². The van der Waals surface area contributed by atoms with Gasteiger partial charge in [0.25, 0.3) is 0 Å². The molecule has 0 spiro atoms. The molecule has 37 heavy (non-hydrogen) atoms. The van der Waals surface area contributed by atoms with E-state index >= 15 is 0 Å². The van der Waals surface area contributed by atoms with E-state index in [-0.39, 0.29) is 14.0 Å². The first-order valence-corrected chi connectivity index (χ1v) is 12.0. The van der Waals surface area contributed by atoms with Gasteiger partial charge >= 0.3 is 0 Å². The Morgan fingerprint density at radius 3 is 2.32 bits per heavy atom. The molecule has 0 amide bonds. The van der Waals surface area contributed by atoms with Crippen molar-refractivity contribution in [3.63, 3.8) is 0 Å². The zero-order valence-electron chi connectivity index (χ0n) is 21.4. The maximum Gasteiger partial charge on any atom is 0.127 e. The fourth-order valence-corrected chi connectivity index (χ4v) is 4.10. The summed E-state index contributed by atoms with van der Waals surface area (Å²) >= 11 is 0. The van der Waals surface area contributed by atoms with Crippen LogP contribution in [0.4, 0.5) is 0 Å². The molecule has 3 N–H and O–H groups in total. The van der Waals surface area contributed by atoms with Gasteiger partial charge in [-0.15, -0.1) is 0 Å². The Hall–Kier alpha value is -3.53. The lowest BCUT2D eigenvalue weighted by Gasteiger charge is -2.31. The second-order valence-electron chi connectivity index (χ2n) is 9.11. The summed E-state index contributed by atoms with van der Waals surface area (Å²) < 4.78 is 12.7. The van der Waals surface area contributed by atoms with Gasteiger partial charge in [0.05, 0.1) is 43.3 Å². The van der Waals surface area contributed by atoms with Crippen LogP contribution >= 0.6 is 0 Å². The summed E-state index contributed by atoms with van der Waals surface area (Å²) in [6.07, 6.45) is 5.39. The first-order valence-electron chi connectivity index (χ1n) is 12.0. The molecule has 0 aliphatic rings. The van der Waals surface area contributed by atoms with Gasteiger partial charge in [-0.3, -0.25) is 9.67 Å². The summed E-state index contributed by atoms with van der Waals surface area (Å²) in [5, 5.41) is 23.2. The molecule has 0 aliphatic heterocycles. The van der Waals surface area contributed by atoms with Gasteiger partial charge in [-0.25, -0.2) is 4.98 Å². The van der Waals surface area contributed by atoms with E-state index in [0.717, 1.165) is 23.3 Å². The number of benzene rings is 2. The Morgan fingerprint density at radius 2 is 1.70 bits per heavy atom. The van der Waals surface area contributed by atoms with Crippen molar-refractivity contribution in [2.45, 2.75) is 32.9 Å². The van der Waals surface area contributed by atoms with Crippen molar-refractivity contribution < 1.29 is 14.6 Å². The summed E-state index contributed by atoms with van der Waals surface area (Å²) in [6, 6.07) is 11.5. The second kappa shape index (κ2) is 12.1. The van der Waals surface area contributed by atoms with E-state index < -0.39 is 5.60 Å². The largest absolute Gasteiger partial charge is 0.497 e. The summed E-state index contributed by atoms with van der Waals surface area (Å²) in [5.41, 5.74) is 2.99. The number of nitrogens with one attached hydrogen (secondary N) is 2. The number of hydrogen-bond donors (Lipinski definition) is 3. The van der Waals surface area contributed by atoms with Crippen LogP contribution in [0, 0.1) is 0 Å². The molecule has 0 saturated carbocycles. The monoisotopic (exact) mass is 506 g/mol. The number of methoxy groups -OCH3 is 2. The third-order valence-corrected chi connectivity index (χ3v) is 6.08. The highest BCUT2D eigenvalue weighted by atomic mass is 16.5. The Balaban J connectivity index is 0.00000380. The normalized spacial score (nSPS) is 12.8. The molecular weight excluding hydrogens is 468 g/mol. The van der Waals surface area contributed by atoms with Crippen LogP contribution in [-0.2, 0) is 12.6 Å². The fourth-order valence-electron chi connectivity index (χ4n) is 4.10. The van der Waals surface area contributed by atoms with E-state index in [1.807, 2.05) is 43.6 Å². The van der Waals surface area contributed by atoms with Crippen LogP contribution in [0.2, 0.25) is 0 Å². The van der Waals surface area contributed by atoms with Crippen LogP contribution in [0.5, 0.6) is 11.5 Å². The number of fused-ring (bicyclic) bond motifs is 1. The van der Waals surface area contributed by atoms with Crippen molar-refractivity contribution in [2.75, 3.05) is 33.9 Å². The number of rotatable bonds is 11. The van der Waals surface area contributed by atoms with Crippen LogP contribution in [0.3, 0.4) is 0 Å². The zero-order valence-corrected chi connectivity index (χ0v) is 21.4. The average Bonchev–Trinajstić information content (AvgIpc) is 3.33. The predicted octanol–water partition coefficient (Wildman–Crippen LogP) is 3.51. The van der Waals surface area contributed by atoms with Crippen molar-refractivity contribution in [3.05, 3.63) is 66.1 Å². The van der Waals surface area contributed by atoms with E-state index in [2.05, 4.69) is 34.6 Å². The third kappa shape index (κ3) is 6.43. The van der Waals surface area contributed by atoms with Gasteiger partial charge in [-0.05, 0) is 35.4 Å². The molecule has 9 heteroatoms. The van der Waals surface area contributed by atoms with Gasteiger partial charge in [0.1, 0.15) is 17.1 Å². The average molecular weight is 507 g/mol. The lowest BCUT2D eigenvalue weighted by Crippen LogP contribution is -2.42. The molecule has 4 rings (SSSR count). The number of aliphatic hydroxyl groups is 1. The van der Waals surface area contributed by atoms with Crippen molar-refractivity contribution in [2.24, 2.45) is 7.05 Å². The molecule has 1 atom stereocenters. The molecule has 4 aromatic rings. The van der Waals surface area contributed by atoms with Crippen molar-refractivity contribution >= 4 is 11.0 Å². The smallest absolute Gasteiger partial charge is 0.127 e. The molecule has 0 bridgehead atoms. The van der Waals surface area contributed by atoms with Crippen molar-refractivity contribution in [1.82, 2.24) is 30.4 Å². The zero-order chi connectivity index (χ0) is 25.7. The van der Waals surface area contributed by atoms with Gasteiger partial charge in [0, 0.05) is 50.6 Å². The predicted molar refractivity (Wildman–Crippen MR) is 147 cm³/mol. The molecule has 0 fully saturated rings. The lowest BCUT2D eigenvalue weighted by molar-refractivity contribution is 0.0798. The van der Waals surface area contributed by atoms with Crippen molar-refractivity contribution in [3.8, 4) is 22.8 Å². The van der Waals surface area contributed by atoms with E-state index in [4.69, 9.17) is 14.5 Å². The molecule has 198 valence electrons. The third-order valence-electron chi connectivity index (χ3n) is 6.08. The molecule has 2 heterocycles. The van der Waals surface area contributed by atoms with Gasteiger partial charge in [0.2, 0.25) is 0 Å². The minimum Gasteiger partial charge on any atom is -0.497 e. The quantitative estimate of drug-likeness (QED) is 0.266. The second-order valence-corrected chi connectivity index (χ2v) is 9.11. The Kier molecular flexibility index (Phi) is 9.20. The Morgan fingerprint density at radius 1 is 0.973 bits per heavy atom. The SMILES string of the molecule is C.COc1cc(OC)cc([C@@](O)(CNCCNC(C)C)c2ccc3ncc(-c4cnn(C)c4)nc3c2)c1. The van der Waals surface area contributed by atoms with Gasteiger partial charge in [0.15, 0.2) is 0 Å². The first kappa shape index (κ1) is 28.0. The minimum atomic E-state index is -1.38. The molecule has 0 unspecified atom stereocenters. The number of aromatic nitrogens is 4. The topological polar surface area (TPSA) is 106 Å². The molecule has 9 nitrogen and oxygen atoms in total. The molecule has 0 aliphatic carbocycles. The number of aryl methyl sites for hydroxylation is 1. The fraction of sp³-hybridized carbons (Fsp3) is 0.393. The standard InChI is InChI=1S/C27H34N6O3.CH4/c1-18(2)29-9-8-28-17-27(34,21-10-22(35-4)13-23(11-21)36-5)20-6-7-24-25(12-20)32-26(15-30-24)19-14-31-33(3)16-19;/h6-7,10-16,18,28-29,34H,8-9,17H2,1-5H3;1H4/t27-;/m1./s1.